The maximum Gasteiger partial charge on any atom is 0.257 e. The smallest absolute Gasteiger partial charge is 0.257 e. The Morgan fingerprint density at radius 2 is 1.94 bits per heavy atom. The van der Waals surface area contributed by atoms with E-state index in [4.69, 9.17) is 0 Å². The molecule has 0 spiro atoms. The van der Waals surface area contributed by atoms with Crippen LogP contribution >= 0.6 is 11.3 Å². The van der Waals surface area contributed by atoms with Crippen molar-refractivity contribution in [2.45, 2.75) is 26.2 Å². The Kier molecular flexibility index (Phi) is 6.08. The first-order valence-corrected chi connectivity index (χ1v) is 11.0. The number of carbonyl (C=O) groups excluding carboxylic acids is 3. The summed E-state index contributed by atoms with van der Waals surface area (Å²) in [5.41, 5.74) is 3.58. The molecule has 1 aliphatic rings. The van der Waals surface area contributed by atoms with Crippen LogP contribution in [-0.4, -0.2) is 29.3 Å². The Hall–Kier alpha value is -3.52. The average molecular weight is 435 g/mol. The molecule has 2 heterocycles. The minimum atomic E-state index is -0.271. The van der Waals surface area contributed by atoms with Gasteiger partial charge in [0.05, 0.1) is 5.69 Å². The quantitative estimate of drug-likeness (QED) is 0.596. The van der Waals surface area contributed by atoms with E-state index in [9.17, 15) is 14.4 Å². The van der Waals surface area contributed by atoms with Crippen molar-refractivity contribution in [3.63, 3.8) is 0 Å². The van der Waals surface area contributed by atoms with Gasteiger partial charge < -0.3 is 10.2 Å². The molecule has 3 amide bonds. The molecule has 3 aromatic rings. The van der Waals surface area contributed by atoms with Gasteiger partial charge in [0, 0.05) is 47.3 Å². The molecule has 1 fully saturated rings. The van der Waals surface area contributed by atoms with Crippen molar-refractivity contribution in [2.75, 3.05) is 22.1 Å². The zero-order chi connectivity index (χ0) is 21.8. The van der Waals surface area contributed by atoms with E-state index in [0.29, 0.717) is 30.1 Å². The number of nitrogens with zero attached hydrogens (tertiary/aromatic N) is 2. The highest BCUT2D eigenvalue weighted by Gasteiger charge is 2.22. The number of hydrogen-bond acceptors (Lipinski definition) is 5. The van der Waals surface area contributed by atoms with Gasteiger partial charge >= 0.3 is 0 Å². The molecule has 2 aromatic carbocycles. The molecule has 0 atom stereocenters. The second-order valence-electron chi connectivity index (χ2n) is 7.17. The summed E-state index contributed by atoms with van der Waals surface area (Å²) < 4.78 is 0. The first-order chi connectivity index (χ1) is 15.0. The van der Waals surface area contributed by atoms with E-state index >= 15 is 0 Å². The lowest BCUT2D eigenvalue weighted by Crippen LogP contribution is -2.24. The van der Waals surface area contributed by atoms with Crippen LogP contribution in [0.1, 0.15) is 36.5 Å². The van der Waals surface area contributed by atoms with Gasteiger partial charge in [0.25, 0.3) is 5.91 Å². The summed E-state index contributed by atoms with van der Waals surface area (Å²) in [5, 5.41) is 8.00. The predicted octanol–water partition coefficient (Wildman–Crippen LogP) is 4.54. The summed E-state index contributed by atoms with van der Waals surface area (Å²) in [7, 11) is 0. The highest BCUT2D eigenvalue weighted by Crippen LogP contribution is 2.27. The molecular formula is C23H22N4O3S. The maximum absolute atomic E-state index is 12.7. The topological polar surface area (TPSA) is 91.4 Å². The van der Waals surface area contributed by atoms with Crippen molar-refractivity contribution in [3.8, 4) is 11.3 Å². The number of aromatic nitrogens is 1. The van der Waals surface area contributed by atoms with Crippen LogP contribution in [0.5, 0.6) is 0 Å². The Balaban J connectivity index is 1.44. The van der Waals surface area contributed by atoms with E-state index in [1.807, 2.05) is 35.7 Å². The summed E-state index contributed by atoms with van der Waals surface area (Å²) in [6.07, 6.45) is 1.81. The standard InChI is InChI=1S/C23H22N4O3S/c1-2-20(28)24-17-10-8-15(9-11-17)19-14-31-23(25-19)26-22(30)16-5-3-6-18(13-16)27-12-4-7-21(27)29/h3,5-6,8-11,13-14H,2,4,7,12H2,1H3,(H,24,28)(H,25,26,30). The van der Waals surface area contributed by atoms with Crippen molar-refractivity contribution >= 4 is 45.6 Å². The van der Waals surface area contributed by atoms with Crippen LogP contribution in [0.25, 0.3) is 11.3 Å². The molecule has 31 heavy (non-hydrogen) atoms. The van der Waals surface area contributed by atoms with E-state index in [1.165, 1.54) is 11.3 Å². The van der Waals surface area contributed by atoms with Crippen LogP contribution < -0.4 is 15.5 Å². The zero-order valence-corrected chi connectivity index (χ0v) is 17.9. The Morgan fingerprint density at radius 3 is 2.65 bits per heavy atom. The van der Waals surface area contributed by atoms with Gasteiger partial charge in [0.15, 0.2) is 5.13 Å². The summed E-state index contributed by atoms with van der Waals surface area (Å²) in [6, 6.07) is 14.5. The molecule has 0 unspecified atom stereocenters. The second kappa shape index (κ2) is 9.09. The molecule has 158 valence electrons. The van der Waals surface area contributed by atoms with Crippen molar-refractivity contribution in [1.82, 2.24) is 4.98 Å². The van der Waals surface area contributed by atoms with E-state index in [2.05, 4.69) is 15.6 Å². The normalized spacial score (nSPS) is 13.3. The van der Waals surface area contributed by atoms with E-state index in [1.54, 1.807) is 30.0 Å². The van der Waals surface area contributed by atoms with Crippen LogP contribution in [0, 0.1) is 0 Å². The number of rotatable bonds is 6. The van der Waals surface area contributed by atoms with E-state index in [0.717, 1.165) is 29.1 Å². The lowest BCUT2D eigenvalue weighted by Gasteiger charge is -2.16. The third-order valence-corrected chi connectivity index (χ3v) is 5.76. The average Bonchev–Trinajstić information content (AvgIpc) is 3.43. The Morgan fingerprint density at radius 1 is 1.13 bits per heavy atom. The molecule has 0 aliphatic carbocycles. The summed E-state index contributed by atoms with van der Waals surface area (Å²) in [6.45, 7) is 2.48. The van der Waals surface area contributed by atoms with Crippen LogP contribution in [0.3, 0.4) is 0 Å². The van der Waals surface area contributed by atoms with Gasteiger partial charge in [-0.15, -0.1) is 11.3 Å². The third kappa shape index (κ3) is 4.80. The molecule has 0 radical (unpaired) electrons. The Bertz CT molecular complexity index is 1120. The lowest BCUT2D eigenvalue weighted by molar-refractivity contribution is -0.117. The number of benzene rings is 2. The number of hydrogen-bond donors (Lipinski definition) is 2. The molecule has 0 bridgehead atoms. The molecule has 2 N–H and O–H groups in total. The monoisotopic (exact) mass is 434 g/mol. The summed E-state index contributed by atoms with van der Waals surface area (Å²) in [5.74, 6) is -0.223. The molecule has 4 rings (SSSR count). The fraction of sp³-hybridized carbons (Fsp3) is 0.217. The minimum absolute atomic E-state index is 0.0374. The van der Waals surface area contributed by atoms with Gasteiger partial charge in [-0.05, 0) is 36.8 Å². The largest absolute Gasteiger partial charge is 0.326 e. The number of anilines is 3. The number of amides is 3. The predicted molar refractivity (Wildman–Crippen MR) is 122 cm³/mol. The van der Waals surface area contributed by atoms with Gasteiger partial charge in [-0.2, -0.15) is 0 Å². The lowest BCUT2D eigenvalue weighted by atomic mass is 10.1. The molecule has 0 saturated carbocycles. The van der Waals surface area contributed by atoms with Crippen LogP contribution in [0.15, 0.2) is 53.9 Å². The first kappa shape index (κ1) is 20.7. The molecule has 7 nitrogen and oxygen atoms in total. The van der Waals surface area contributed by atoms with Gasteiger partial charge in [0.2, 0.25) is 11.8 Å². The van der Waals surface area contributed by atoms with Crippen molar-refractivity contribution < 1.29 is 14.4 Å². The van der Waals surface area contributed by atoms with Crippen molar-refractivity contribution in [3.05, 3.63) is 59.5 Å². The SMILES string of the molecule is CCC(=O)Nc1ccc(-c2csc(NC(=O)c3cccc(N4CCCC4=O)c3)n2)cc1. The summed E-state index contributed by atoms with van der Waals surface area (Å²) >= 11 is 1.34. The van der Waals surface area contributed by atoms with Gasteiger partial charge in [-0.1, -0.05) is 25.1 Å². The third-order valence-electron chi connectivity index (χ3n) is 5.00. The van der Waals surface area contributed by atoms with Crippen LogP contribution in [0.2, 0.25) is 0 Å². The van der Waals surface area contributed by atoms with E-state index in [-0.39, 0.29) is 17.7 Å². The molecular weight excluding hydrogens is 412 g/mol. The maximum atomic E-state index is 12.7. The molecule has 1 aromatic heterocycles. The second-order valence-corrected chi connectivity index (χ2v) is 8.03. The molecule has 1 aliphatic heterocycles. The first-order valence-electron chi connectivity index (χ1n) is 10.1. The summed E-state index contributed by atoms with van der Waals surface area (Å²) in [4.78, 5) is 42.4. The minimum Gasteiger partial charge on any atom is -0.326 e. The van der Waals surface area contributed by atoms with Gasteiger partial charge in [0.1, 0.15) is 0 Å². The molecule has 1 saturated heterocycles. The fourth-order valence-electron chi connectivity index (χ4n) is 3.34. The Labute approximate surface area is 184 Å². The van der Waals surface area contributed by atoms with Crippen LogP contribution in [-0.2, 0) is 9.59 Å². The zero-order valence-electron chi connectivity index (χ0n) is 17.1. The number of carbonyl (C=O) groups is 3. The fourth-order valence-corrected chi connectivity index (χ4v) is 4.06. The highest BCUT2D eigenvalue weighted by atomic mass is 32.1. The molecule has 8 heteroatoms. The highest BCUT2D eigenvalue weighted by molar-refractivity contribution is 7.14. The number of thiazole rings is 1. The van der Waals surface area contributed by atoms with Gasteiger partial charge in [-0.25, -0.2) is 4.98 Å². The number of nitrogens with one attached hydrogen (secondary N) is 2. The van der Waals surface area contributed by atoms with E-state index < -0.39 is 0 Å². The van der Waals surface area contributed by atoms with Gasteiger partial charge in [-0.3, -0.25) is 19.7 Å². The van der Waals surface area contributed by atoms with Crippen LogP contribution in [0.4, 0.5) is 16.5 Å². The van der Waals surface area contributed by atoms with Crippen molar-refractivity contribution in [1.29, 1.82) is 0 Å². The van der Waals surface area contributed by atoms with Crippen molar-refractivity contribution in [2.24, 2.45) is 0 Å².